The number of rotatable bonds is 4. The van der Waals surface area contributed by atoms with E-state index in [1.807, 2.05) is 27.7 Å². The molecule has 0 aliphatic carbocycles. The summed E-state index contributed by atoms with van der Waals surface area (Å²) in [7, 11) is 0. The van der Waals surface area contributed by atoms with Gasteiger partial charge in [-0.3, -0.25) is 0 Å². The minimum absolute atomic E-state index is 0.000741. The second-order valence-corrected chi connectivity index (χ2v) is 6.89. The molecular formula is C15H33NOS. The molecule has 0 aromatic heterocycles. The first-order chi connectivity index (χ1) is 8.02. The minimum atomic E-state index is -0.000741. The van der Waals surface area contributed by atoms with Crippen LogP contribution in [0.2, 0.25) is 0 Å². The molecule has 0 fully saturated rings. The lowest BCUT2D eigenvalue weighted by Gasteiger charge is -2.31. The fourth-order valence-electron chi connectivity index (χ4n) is 1.27. The first kappa shape index (κ1) is 20.0. The number of nitrogens with one attached hydrogen (secondary N) is 1. The van der Waals surface area contributed by atoms with Gasteiger partial charge in [-0.1, -0.05) is 34.6 Å². The van der Waals surface area contributed by atoms with Gasteiger partial charge >= 0.3 is 0 Å². The van der Waals surface area contributed by atoms with E-state index in [4.69, 9.17) is 17.0 Å². The van der Waals surface area contributed by atoms with Crippen molar-refractivity contribution in [1.29, 1.82) is 0 Å². The van der Waals surface area contributed by atoms with Crippen LogP contribution in [0.4, 0.5) is 0 Å². The normalized spacial score (nSPS) is 11.7. The molecular weight excluding hydrogens is 242 g/mol. The average molecular weight is 276 g/mol. The van der Waals surface area contributed by atoms with E-state index in [1.54, 1.807) is 0 Å². The number of hydrogen-bond donors (Lipinski definition) is 1. The highest BCUT2D eigenvalue weighted by Crippen LogP contribution is 2.25. The monoisotopic (exact) mass is 275 g/mol. The maximum atomic E-state index is 5.44. The molecule has 0 saturated heterocycles. The Morgan fingerprint density at radius 2 is 1.50 bits per heavy atom. The molecule has 2 nitrogen and oxygen atoms in total. The number of thiocarbonyl (C=S) groups is 1. The van der Waals surface area contributed by atoms with Crippen LogP contribution in [0.5, 0.6) is 0 Å². The standard InChI is InChI=1S/C13H27NOS.C2H6/c1-10(2)15-11(16)14-13(6,7)9-8-12(3,4)5;1-2/h10H,8-9H2,1-7H3,(H,14,16);1-2H3. The Morgan fingerprint density at radius 1 is 1.06 bits per heavy atom. The SMILES string of the molecule is CC.CC(C)OC(=S)NC(C)(C)CCC(C)(C)C. The van der Waals surface area contributed by atoms with E-state index in [-0.39, 0.29) is 11.6 Å². The molecule has 0 unspecified atom stereocenters. The van der Waals surface area contributed by atoms with Gasteiger partial charge in [-0.25, -0.2) is 0 Å². The largest absolute Gasteiger partial charge is 0.468 e. The summed E-state index contributed by atoms with van der Waals surface area (Å²) in [5.74, 6) is 0. The number of ether oxygens (including phenoxy) is 1. The molecule has 0 rings (SSSR count). The molecule has 0 heterocycles. The summed E-state index contributed by atoms with van der Waals surface area (Å²) in [5.41, 5.74) is 0.360. The molecule has 0 aromatic rings. The first-order valence-electron chi connectivity index (χ1n) is 7.01. The van der Waals surface area contributed by atoms with E-state index in [0.29, 0.717) is 10.6 Å². The molecule has 0 atom stereocenters. The predicted molar refractivity (Wildman–Crippen MR) is 86.1 cm³/mol. The third-order valence-electron chi connectivity index (χ3n) is 2.28. The minimum Gasteiger partial charge on any atom is -0.468 e. The van der Waals surface area contributed by atoms with Gasteiger partial charge in [-0.05, 0) is 58.2 Å². The van der Waals surface area contributed by atoms with Gasteiger partial charge in [0.05, 0.1) is 6.10 Å². The highest BCUT2D eigenvalue weighted by molar-refractivity contribution is 7.80. The Hall–Kier alpha value is -0.310. The van der Waals surface area contributed by atoms with Crippen LogP contribution in [-0.4, -0.2) is 16.8 Å². The van der Waals surface area contributed by atoms with Crippen LogP contribution in [0.1, 0.15) is 75.2 Å². The summed E-state index contributed by atoms with van der Waals surface area (Å²) in [6.45, 7) is 19.1. The molecule has 0 saturated carbocycles. The fourth-order valence-corrected chi connectivity index (χ4v) is 1.74. The van der Waals surface area contributed by atoms with E-state index in [0.717, 1.165) is 12.8 Å². The summed E-state index contributed by atoms with van der Waals surface area (Å²) in [4.78, 5) is 0. The number of hydrogen-bond acceptors (Lipinski definition) is 2. The van der Waals surface area contributed by atoms with E-state index in [1.165, 1.54) is 0 Å². The molecule has 0 radical (unpaired) electrons. The van der Waals surface area contributed by atoms with Gasteiger partial charge in [0.1, 0.15) is 0 Å². The van der Waals surface area contributed by atoms with Crippen molar-refractivity contribution < 1.29 is 4.74 Å². The summed E-state index contributed by atoms with van der Waals surface area (Å²) in [5, 5.41) is 3.78. The quantitative estimate of drug-likeness (QED) is 0.736. The van der Waals surface area contributed by atoms with Gasteiger partial charge in [0.15, 0.2) is 0 Å². The van der Waals surface area contributed by atoms with Crippen LogP contribution >= 0.6 is 12.2 Å². The molecule has 0 amide bonds. The van der Waals surface area contributed by atoms with Crippen molar-refractivity contribution in [3.8, 4) is 0 Å². The molecule has 0 bridgehead atoms. The molecule has 0 spiro atoms. The molecule has 0 aromatic carbocycles. The topological polar surface area (TPSA) is 21.3 Å². The van der Waals surface area contributed by atoms with Crippen molar-refractivity contribution in [1.82, 2.24) is 5.32 Å². The zero-order valence-corrected chi connectivity index (χ0v) is 14.6. The van der Waals surface area contributed by atoms with Crippen LogP contribution in [-0.2, 0) is 4.74 Å². The molecule has 0 aliphatic rings. The summed E-state index contributed by atoms with van der Waals surface area (Å²) < 4.78 is 5.44. The van der Waals surface area contributed by atoms with Crippen molar-refractivity contribution in [2.45, 2.75) is 86.8 Å². The van der Waals surface area contributed by atoms with Gasteiger partial charge < -0.3 is 10.1 Å². The zero-order valence-electron chi connectivity index (χ0n) is 13.8. The first-order valence-corrected chi connectivity index (χ1v) is 7.41. The van der Waals surface area contributed by atoms with E-state index < -0.39 is 0 Å². The second kappa shape index (κ2) is 8.73. The Balaban J connectivity index is 0. The van der Waals surface area contributed by atoms with Gasteiger partial charge in [-0.15, -0.1) is 0 Å². The Morgan fingerprint density at radius 3 is 1.83 bits per heavy atom. The molecule has 3 heteroatoms. The Kier molecular flexibility index (Phi) is 9.71. The average Bonchev–Trinajstić information content (AvgIpc) is 2.15. The third-order valence-corrected chi connectivity index (χ3v) is 2.48. The van der Waals surface area contributed by atoms with Gasteiger partial charge in [0.25, 0.3) is 5.17 Å². The lowest BCUT2D eigenvalue weighted by molar-refractivity contribution is 0.208. The fraction of sp³-hybridized carbons (Fsp3) is 0.933. The summed E-state index contributed by atoms with van der Waals surface area (Å²) in [6.07, 6.45) is 2.38. The maximum Gasteiger partial charge on any atom is 0.257 e. The van der Waals surface area contributed by atoms with Crippen molar-refractivity contribution in [2.75, 3.05) is 0 Å². The van der Waals surface area contributed by atoms with Crippen molar-refractivity contribution in [3.05, 3.63) is 0 Å². The summed E-state index contributed by atoms with van der Waals surface area (Å²) in [6, 6.07) is 0. The van der Waals surface area contributed by atoms with E-state index >= 15 is 0 Å². The van der Waals surface area contributed by atoms with Crippen LogP contribution < -0.4 is 5.32 Å². The highest BCUT2D eigenvalue weighted by atomic mass is 32.1. The molecule has 110 valence electrons. The highest BCUT2D eigenvalue weighted by Gasteiger charge is 2.22. The zero-order chi connectivity index (χ0) is 15.0. The lowest BCUT2D eigenvalue weighted by Crippen LogP contribution is -2.44. The van der Waals surface area contributed by atoms with Gasteiger partial charge in [0, 0.05) is 5.54 Å². The third kappa shape index (κ3) is 13.8. The van der Waals surface area contributed by atoms with Gasteiger partial charge in [0.2, 0.25) is 0 Å². The summed E-state index contributed by atoms with van der Waals surface area (Å²) >= 11 is 5.15. The van der Waals surface area contributed by atoms with Gasteiger partial charge in [-0.2, -0.15) is 0 Å². The molecule has 18 heavy (non-hydrogen) atoms. The van der Waals surface area contributed by atoms with Crippen LogP contribution in [0.3, 0.4) is 0 Å². The van der Waals surface area contributed by atoms with Crippen LogP contribution in [0.15, 0.2) is 0 Å². The van der Waals surface area contributed by atoms with Crippen LogP contribution in [0, 0.1) is 5.41 Å². The maximum absolute atomic E-state index is 5.44. The smallest absolute Gasteiger partial charge is 0.257 e. The molecule has 1 N–H and O–H groups in total. The van der Waals surface area contributed by atoms with E-state index in [2.05, 4.69) is 39.9 Å². The predicted octanol–water partition coefficient (Wildman–Crippen LogP) is 4.92. The lowest BCUT2D eigenvalue weighted by atomic mass is 9.85. The Bertz CT molecular complexity index is 229. The van der Waals surface area contributed by atoms with Crippen molar-refractivity contribution in [2.24, 2.45) is 5.41 Å². The van der Waals surface area contributed by atoms with Crippen molar-refractivity contribution >= 4 is 17.4 Å². The van der Waals surface area contributed by atoms with E-state index in [9.17, 15) is 0 Å². The Labute approximate surface area is 120 Å². The second-order valence-electron chi connectivity index (χ2n) is 6.52. The van der Waals surface area contributed by atoms with Crippen LogP contribution in [0.25, 0.3) is 0 Å². The molecule has 0 aliphatic heterocycles. The van der Waals surface area contributed by atoms with Crippen molar-refractivity contribution in [3.63, 3.8) is 0 Å².